The topological polar surface area (TPSA) is 25.8 Å². The molecule has 0 spiro atoms. The summed E-state index contributed by atoms with van der Waals surface area (Å²) in [5.41, 5.74) is 0. The Morgan fingerprint density at radius 3 is 1.44 bits per heavy atom. The lowest BCUT2D eigenvalue weighted by atomic mass is 10.4. The molecule has 2 rings (SSSR count). The van der Waals surface area contributed by atoms with Crippen LogP contribution < -0.4 is 0 Å². The summed E-state index contributed by atoms with van der Waals surface area (Å²) in [4.78, 5) is 10.7. The fraction of sp³-hybridized carbons (Fsp3) is 0.286. The molecular formula is C14H16N2S2. The molecule has 2 aromatic rings. The predicted octanol–water partition coefficient (Wildman–Crippen LogP) is 4.14. The van der Waals surface area contributed by atoms with E-state index < -0.39 is 0 Å². The molecule has 0 aromatic carbocycles. The highest BCUT2D eigenvalue weighted by Gasteiger charge is 1.95. The molecule has 2 aromatic heterocycles. The summed E-state index contributed by atoms with van der Waals surface area (Å²) in [6, 6.07) is 8.26. The Morgan fingerprint density at radius 1 is 0.667 bits per heavy atom. The molecule has 0 aliphatic carbocycles. The van der Waals surface area contributed by atoms with E-state index >= 15 is 0 Å². The van der Waals surface area contributed by atoms with Gasteiger partial charge in [-0.3, -0.25) is 9.97 Å². The van der Waals surface area contributed by atoms with Crippen LogP contribution in [0.4, 0.5) is 0 Å². The van der Waals surface area contributed by atoms with Crippen molar-refractivity contribution in [3.63, 3.8) is 0 Å². The number of pyridine rings is 2. The minimum atomic E-state index is 1.18. The van der Waals surface area contributed by atoms with Gasteiger partial charge in [0.05, 0.1) is 0 Å². The zero-order chi connectivity index (χ0) is 12.5. The predicted molar refractivity (Wildman–Crippen MR) is 79.2 cm³/mol. The van der Waals surface area contributed by atoms with Gasteiger partial charge in [0.1, 0.15) is 0 Å². The normalized spacial score (nSPS) is 10.4. The van der Waals surface area contributed by atoms with Gasteiger partial charge in [-0.2, -0.15) is 0 Å². The minimum Gasteiger partial charge on any atom is -0.265 e. The molecule has 0 radical (unpaired) electrons. The molecule has 0 bridgehead atoms. The van der Waals surface area contributed by atoms with Crippen LogP contribution in [-0.4, -0.2) is 21.5 Å². The van der Waals surface area contributed by atoms with Gasteiger partial charge in [-0.05, 0) is 48.6 Å². The van der Waals surface area contributed by atoms with Crippen molar-refractivity contribution in [1.29, 1.82) is 0 Å². The lowest BCUT2D eigenvalue weighted by molar-refractivity contribution is 0.906. The second kappa shape index (κ2) is 8.16. The Labute approximate surface area is 117 Å². The van der Waals surface area contributed by atoms with E-state index in [-0.39, 0.29) is 0 Å². The van der Waals surface area contributed by atoms with Crippen molar-refractivity contribution in [2.45, 2.75) is 22.6 Å². The van der Waals surface area contributed by atoms with Crippen molar-refractivity contribution in [3.8, 4) is 0 Å². The highest BCUT2D eigenvalue weighted by Crippen LogP contribution is 2.21. The standard InChI is InChI=1S/C14H16N2S2/c1(11-17-13-3-7-15-8-4-13)2-12-18-14-5-9-16-10-6-14/h3-10H,1-2,11-12H2. The number of unbranched alkanes of at least 4 members (excludes halogenated alkanes) is 1. The Hall–Kier alpha value is -1.00. The SMILES string of the molecule is c1cc(SCCCCSc2ccncc2)ccn1. The number of hydrogen-bond donors (Lipinski definition) is 0. The van der Waals surface area contributed by atoms with Crippen LogP contribution in [0.2, 0.25) is 0 Å². The Morgan fingerprint density at radius 2 is 1.06 bits per heavy atom. The average molecular weight is 276 g/mol. The number of hydrogen-bond acceptors (Lipinski definition) is 4. The van der Waals surface area contributed by atoms with E-state index in [1.54, 1.807) is 0 Å². The van der Waals surface area contributed by atoms with Gasteiger partial charge in [0, 0.05) is 34.6 Å². The Kier molecular flexibility index (Phi) is 6.09. The quantitative estimate of drug-likeness (QED) is 0.560. The maximum Gasteiger partial charge on any atom is 0.0278 e. The van der Waals surface area contributed by atoms with E-state index in [0.29, 0.717) is 0 Å². The summed E-state index contributed by atoms with van der Waals surface area (Å²) in [6.07, 6.45) is 9.91. The van der Waals surface area contributed by atoms with Gasteiger partial charge < -0.3 is 0 Å². The van der Waals surface area contributed by atoms with Gasteiger partial charge in [-0.25, -0.2) is 0 Å². The molecule has 2 heterocycles. The van der Waals surface area contributed by atoms with E-state index in [1.165, 1.54) is 34.1 Å². The number of aromatic nitrogens is 2. The molecule has 0 amide bonds. The summed E-state index contributed by atoms with van der Waals surface area (Å²) in [5.74, 6) is 2.36. The van der Waals surface area contributed by atoms with Crippen molar-refractivity contribution in [2.24, 2.45) is 0 Å². The molecule has 0 unspecified atom stereocenters. The molecule has 18 heavy (non-hydrogen) atoms. The zero-order valence-electron chi connectivity index (χ0n) is 10.2. The summed E-state index contributed by atoms with van der Waals surface area (Å²) >= 11 is 3.81. The van der Waals surface area contributed by atoms with Crippen LogP contribution in [0.15, 0.2) is 58.8 Å². The van der Waals surface area contributed by atoms with Gasteiger partial charge >= 0.3 is 0 Å². The van der Waals surface area contributed by atoms with Crippen LogP contribution in [0.3, 0.4) is 0 Å². The molecule has 0 N–H and O–H groups in total. The fourth-order valence-electron chi connectivity index (χ4n) is 1.45. The third kappa shape index (κ3) is 5.10. The van der Waals surface area contributed by atoms with E-state index in [0.717, 1.165) is 0 Å². The average Bonchev–Trinajstić information content (AvgIpc) is 2.45. The molecular weight excluding hydrogens is 260 g/mol. The number of nitrogens with zero attached hydrogens (tertiary/aromatic N) is 2. The van der Waals surface area contributed by atoms with Crippen LogP contribution >= 0.6 is 23.5 Å². The van der Waals surface area contributed by atoms with E-state index in [4.69, 9.17) is 0 Å². The third-order valence-corrected chi connectivity index (χ3v) is 4.57. The Balaban J connectivity index is 1.54. The van der Waals surface area contributed by atoms with Gasteiger partial charge in [0.2, 0.25) is 0 Å². The van der Waals surface area contributed by atoms with Crippen molar-refractivity contribution >= 4 is 23.5 Å². The van der Waals surface area contributed by atoms with Gasteiger partial charge in [-0.15, -0.1) is 23.5 Å². The Bertz CT molecular complexity index is 391. The highest BCUT2D eigenvalue weighted by atomic mass is 32.2. The van der Waals surface area contributed by atoms with Gasteiger partial charge in [0.15, 0.2) is 0 Å². The molecule has 0 atom stereocenters. The van der Waals surface area contributed by atoms with Crippen molar-refractivity contribution in [1.82, 2.24) is 9.97 Å². The van der Waals surface area contributed by atoms with Gasteiger partial charge in [-0.1, -0.05) is 0 Å². The molecule has 0 aliphatic heterocycles. The second-order valence-corrected chi connectivity index (χ2v) is 6.11. The minimum absolute atomic E-state index is 1.18. The molecule has 0 saturated carbocycles. The van der Waals surface area contributed by atoms with Gasteiger partial charge in [0.25, 0.3) is 0 Å². The monoisotopic (exact) mass is 276 g/mol. The molecule has 94 valence electrons. The van der Waals surface area contributed by atoms with Crippen molar-refractivity contribution in [3.05, 3.63) is 49.1 Å². The van der Waals surface area contributed by atoms with Crippen molar-refractivity contribution < 1.29 is 0 Å². The second-order valence-electron chi connectivity index (χ2n) is 3.77. The lowest BCUT2D eigenvalue weighted by Gasteiger charge is -2.02. The maximum absolute atomic E-state index is 4.01. The first-order chi connectivity index (χ1) is 8.95. The first-order valence-corrected chi connectivity index (χ1v) is 7.98. The van der Waals surface area contributed by atoms with Crippen molar-refractivity contribution in [2.75, 3.05) is 11.5 Å². The van der Waals surface area contributed by atoms with E-state index in [2.05, 4.69) is 34.2 Å². The molecule has 0 aliphatic rings. The largest absolute Gasteiger partial charge is 0.265 e. The molecule has 0 fully saturated rings. The van der Waals surface area contributed by atoms with Crippen LogP contribution in [-0.2, 0) is 0 Å². The van der Waals surface area contributed by atoms with Crippen LogP contribution in [0.5, 0.6) is 0 Å². The molecule has 0 saturated heterocycles. The number of thioether (sulfide) groups is 2. The molecule has 4 heteroatoms. The third-order valence-electron chi connectivity index (χ3n) is 2.38. The summed E-state index contributed by atoms with van der Waals surface area (Å²) < 4.78 is 0. The van der Waals surface area contributed by atoms with Crippen LogP contribution in [0, 0.1) is 0 Å². The lowest BCUT2D eigenvalue weighted by Crippen LogP contribution is -1.85. The maximum atomic E-state index is 4.01. The molecule has 2 nitrogen and oxygen atoms in total. The number of rotatable bonds is 7. The van der Waals surface area contributed by atoms with E-state index in [9.17, 15) is 0 Å². The van der Waals surface area contributed by atoms with Crippen LogP contribution in [0.1, 0.15) is 12.8 Å². The first kappa shape index (κ1) is 13.4. The fourth-order valence-corrected chi connectivity index (χ4v) is 3.25. The highest BCUT2D eigenvalue weighted by molar-refractivity contribution is 7.99. The summed E-state index contributed by atoms with van der Waals surface area (Å²) in [6.45, 7) is 0. The van der Waals surface area contributed by atoms with E-state index in [1.807, 2.05) is 48.3 Å². The summed E-state index contributed by atoms with van der Waals surface area (Å²) in [7, 11) is 0. The summed E-state index contributed by atoms with van der Waals surface area (Å²) in [5, 5.41) is 0. The first-order valence-electron chi connectivity index (χ1n) is 6.01. The zero-order valence-corrected chi connectivity index (χ0v) is 11.8. The smallest absolute Gasteiger partial charge is 0.0278 e. The van der Waals surface area contributed by atoms with Crippen LogP contribution in [0.25, 0.3) is 0 Å².